The SMILES string of the molecule is C=CC(Cc1ccc(C)cc1)C(=O)Nc1cccc2cccnc12. The summed E-state index contributed by atoms with van der Waals surface area (Å²) in [6.45, 7) is 5.87. The zero-order valence-corrected chi connectivity index (χ0v) is 13.7. The molecular formula is C21H20N2O. The van der Waals surface area contributed by atoms with Crippen LogP contribution in [0, 0.1) is 12.8 Å². The number of aromatic nitrogens is 1. The number of carbonyl (C=O) groups excluding carboxylic acids is 1. The van der Waals surface area contributed by atoms with Crippen LogP contribution in [-0.4, -0.2) is 10.9 Å². The molecule has 2 aromatic carbocycles. The van der Waals surface area contributed by atoms with Gasteiger partial charge in [0.05, 0.1) is 17.1 Å². The molecule has 0 bridgehead atoms. The summed E-state index contributed by atoms with van der Waals surface area (Å²) in [6, 6.07) is 17.9. The molecular weight excluding hydrogens is 296 g/mol. The van der Waals surface area contributed by atoms with Gasteiger partial charge in [-0.15, -0.1) is 6.58 Å². The van der Waals surface area contributed by atoms with Gasteiger partial charge in [-0.3, -0.25) is 9.78 Å². The maximum Gasteiger partial charge on any atom is 0.231 e. The summed E-state index contributed by atoms with van der Waals surface area (Å²) in [6.07, 6.45) is 4.07. The van der Waals surface area contributed by atoms with Crippen molar-refractivity contribution in [2.24, 2.45) is 5.92 Å². The quantitative estimate of drug-likeness (QED) is 0.703. The lowest BCUT2D eigenvalue weighted by atomic mass is 9.97. The van der Waals surface area contributed by atoms with Gasteiger partial charge in [-0.25, -0.2) is 0 Å². The third kappa shape index (κ3) is 3.51. The molecule has 1 N–H and O–H groups in total. The number of nitrogens with one attached hydrogen (secondary N) is 1. The highest BCUT2D eigenvalue weighted by atomic mass is 16.1. The Hall–Kier alpha value is -2.94. The van der Waals surface area contributed by atoms with E-state index in [0.29, 0.717) is 6.42 Å². The van der Waals surface area contributed by atoms with Gasteiger partial charge in [0.1, 0.15) is 0 Å². The van der Waals surface area contributed by atoms with Gasteiger partial charge >= 0.3 is 0 Å². The average Bonchev–Trinajstić information content (AvgIpc) is 2.61. The van der Waals surface area contributed by atoms with Crippen LogP contribution in [0.3, 0.4) is 0 Å². The number of aryl methyl sites for hydroxylation is 1. The first kappa shape index (κ1) is 15.9. The second-order valence-electron chi connectivity index (χ2n) is 5.90. The molecule has 1 heterocycles. The molecule has 24 heavy (non-hydrogen) atoms. The Morgan fingerprint density at radius 1 is 1.17 bits per heavy atom. The first-order valence-electron chi connectivity index (χ1n) is 8.00. The number of rotatable bonds is 5. The molecule has 0 aliphatic rings. The fraction of sp³-hybridized carbons (Fsp3) is 0.143. The Morgan fingerprint density at radius 2 is 1.92 bits per heavy atom. The number of para-hydroxylation sites is 1. The number of pyridine rings is 1. The molecule has 3 heteroatoms. The first-order valence-corrected chi connectivity index (χ1v) is 8.00. The van der Waals surface area contributed by atoms with Crippen molar-refractivity contribution < 1.29 is 4.79 Å². The molecule has 0 fully saturated rings. The monoisotopic (exact) mass is 316 g/mol. The van der Waals surface area contributed by atoms with Crippen molar-refractivity contribution in [3.8, 4) is 0 Å². The smallest absolute Gasteiger partial charge is 0.231 e. The molecule has 0 spiro atoms. The molecule has 3 nitrogen and oxygen atoms in total. The molecule has 1 aromatic heterocycles. The van der Waals surface area contributed by atoms with Gasteiger partial charge in [0.2, 0.25) is 5.91 Å². The molecule has 0 aliphatic heterocycles. The Bertz CT molecular complexity index is 863. The number of carbonyl (C=O) groups is 1. The molecule has 0 radical (unpaired) electrons. The molecule has 0 saturated carbocycles. The Kier molecular flexibility index (Phi) is 4.71. The van der Waals surface area contributed by atoms with E-state index in [1.165, 1.54) is 5.56 Å². The van der Waals surface area contributed by atoms with Crippen LogP contribution < -0.4 is 5.32 Å². The largest absolute Gasteiger partial charge is 0.324 e. The summed E-state index contributed by atoms with van der Waals surface area (Å²) in [5, 5.41) is 4.00. The first-order chi connectivity index (χ1) is 11.7. The van der Waals surface area contributed by atoms with E-state index < -0.39 is 0 Å². The van der Waals surface area contributed by atoms with Gasteiger partial charge in [0.15, 0.2) is 0 Å². The van der Waals surface area contributed by atoms with Crippen LogP contribution in [0.25, 0.3) is 10.9 Å². The van der Waals surface area contributed by atoms with E-state index >= 15 is 0 Å². The molecule has 120 valence electrons. The van der Waals surface area contributed by atoms with E-state index in [1.54, 1.807) is 12.3 Å². The molecule has 3 aromatic rings. The van der Waals surface area contributed by atoms with E-state index in [9.17, 15) is 4.79 Å². The zero-order chi connectivity index (χ0) is 16.9. The van der Waals surface area contributed by atoms with E-state index in [-0.39, 0.29) is 11.8 Å². The molecule has 0 saturated heterocycles. The topological polar surface area (TPSA) is 42.0 Å². The minimum atomic E-state index is -0.285. The average molecular weight is 316 g/mol. The lowest BCUT2D eigenvalue weighted by molar-refractivity contribution is -0.118. The molecule has 3 rings (SSSR count). The fourth-order valence-corrected chi connectivity index (χ4v) is 2.69. The number of nitrogens with zero attached hydrogens (tertiary/aromatic N) is 1. The standard InChI is InChI=1S/C21H20N2O/c1-3-17(14-16-11-9-15(2)10-12-16)21(24)23-19-8-4-6-18-7-5-13-22-20(18)19/h3-13,17H,1,14H2,2H3,(H,23,24). The maximum absolute atomic E-state index is 12.6. The molecule has 1 atom stereocenters. The molecule has 1 amide bonds. The fourth-order valence-electron chi connectivity index (χ4n) is 2.69. The lowest BCUT2D eigenvalue weighted by Crippen LogP contribution is -2.23. The number of benzene rings is 2. The normalized spacial score (nSPS) is 11.9. The highest BCUT2D eigenvalue weighted by Gasteiger charge is 2.16. The van der Waals surface area contributed by atoms with Gasteiger partial charge in [-0.1, -0.05) is 54.1 Å². The van der Waals surface area contributed by atoms with Crippen LogP contribution in [0.5, 0.6) is 0 Å². The van der Waals surface area contributed by atoms with E-state index in [1.807, 2.05) is 30.3 Å². The maximum atomic E-state index is 12.6. The Labute approximate surface area is 142 Å². The predicted molar refractivity (Wildman–Crippen MR) is 98.9 cm³/mol. The van der Waals surface area contributed by atoms with Crippen molar-refractivity contribution in [1.29, 1.82) is 0 Å². The van der Waals surface area contributed by atoms with Crippen molar-refractivity contribution in [2.45, 2.75) is 13.3 Å². The molecule has 1 unspecified atom stereocenters. The van der Waals surface area contributed by atoms with Crippen LogP contribution in [0.15, 0.2) is 73.4 Å². The third-order valence-corrected chi connectivity index (χ3v) is 4.09. The minimum Gasteiger partial charge on any atom is -0.324 e. The summed E-state index contributed by atoms with van der Waals surface area (Å²) in [7, 11) is 0. The Balaban J connectivity index is 1.79. The van der Waals surface area contributed by atoms with Gasteiger partial charge in [-0.2, -0.15) is 0 Å². The van der Waals surface area contributed by atoms with Crippen molar-refractivity contribution in [3.05, 3.63) is 84.6 Å². The van der Waals surface area contributed by atoms with Gasteiger partial charge in [-0.05, 0) is 31.0 Å². The number of hydrogen-bond acceptors (Lipinski definition) is 2. The summed E-state index contributed by atoms with van der Waals surface area (Å²) in [5.74, 6) is -0.351. The Morgan fingerprint density at radius 3 is 2.67 bits per heavy atom. The van der Waals surface area contributed by atoms with Gasteiger partial charge < -0.3 is 5.32 Å². The van der Waals surface area contributed by atoms with E-state index in [2.05, 4.69) is 48.1 Å². The van der Waals surface area contributed by atoms with Gasteiger partial charge in [0, 0.05) is 11.6 Å². The number of hydrogen-bond donors (Lipinski definition) is 1. The number of anilines is 1. The van der Waals surface area contributed by atoms with Crippen LogP contribution in [0.2, 0.25) is 0 Å². The molecule has 0 aliphatic carbocycles. The van der Waals surface area contributed by atoms with Gasteiger partial charge in [0.25, 0.3) is 0 Å². The second-order valence-corrected chi connectivity index (χ2v) is 5.90. The van der Waals surface area contributed by atoms with Crippen LogP contribution >= 0.6 is 0 Å². The minimum absolute atomic E-state index is 0.0660. The lowest BCUT2D eigenvalue weighted by Gasteiger charge is -2.14. The number of amides is 1. The van der Waals surface area contributed by atoms with Crippen molar-refractivity contribution in [2.75, 3.05) is 5.32 Å². The van der Waals surface area contributed by atoms with Crippen molar-refractivity contribution in [3.63, 3.8) is 0 Å². The summed E-state index contributed by atoms with van der Waals surface area (Å²) in [5.41, 5.74) is 3.86. The summed E-state index contributed by atoms with van der Waals surface area (Å²) >= 11 is 0. The van der Waals surface area contributed by atoms with Crippen molar-refractivity contribution >= 4 is 22.5 Å². The number of fused-ring (bicyclic) bond motifs is 1. The zero-order valence-electron chi connectivity index (χ0n) is 13.7. The van der Waals surface area contributed by atoms with Crippen LogP contribution in [-0.2, 0) is 11.2 Å². The van der Waals surface area contributed by atoms with Crippen LogP contribution in [0.4, 0.5) is 5.69 Å². The van der Waals surface area contributed by atoms with Crippen molar-refractivity contribution in [1.82, 2.24) is 4.98 Å². The van der Waals surface area contributed by atoms with E-state index in [4.69, 9.17) is 0 Å². The summed E-state index contributed by atoms with van der Waals surface area (Å²) < 4.78 is 0. The predicted octanol–water partition coefficient (Wildman–Crippen LogP) is 4.53. The van der Waals surface area contributed by atoms with E-state index in [0.717, 1.165) is 22.2 Å². The second kappa shape index (κ2) is 7.09. The highest BCUT2D eigenvalue weighted by Crippen LogP contribution is 2.22. The summed E-state index contributed by atoms with van der Waals surface area (Å²) in [4.78, 5) is 17.0. The highest BCUT2D eigenvalue weighted by molar-refractivity contribution is 6.01. The third-order valence-electron chi connectivity index (χ3n) is 4.09. The van der Waals surface area contributed by atoms with Crippen LogP contribution in [0.1, 0.15) is 11.1 Å².